The summed E-state index contributed by atoms with van der Waals surface area (Å²) < 4.78 is 1.09. The van der Waals surface area contributed by atoms with Gasteiger partial charge in [0.05, 0.1) is 16.1 Å². The summed E-state index contributed by atoms with van der Waals surface area (Å²) >= 11 is 9.22. The van der Waals surface area contributed by atoms with Crippen molar-refractivity contribution in [2.24, 2.45) is 0 Å². The Balaban J connectivity index is 1.68. The van der Waals surface area contributed by atoms with Crippen LogP contribution in [0.15, 0.2) is 121 Å². The van der Waals surface area contributed by atoms with Crippen molar-refractivity contribution in [2.45, 2.75) is 95.5 Å². The molecule has 230 valence electrons. The highest BCUT2D eigenvalue weighted by atomic mass is 79.9. The normalized spacial score (nSPS) is 30.8. The van der Waals surface area contributed by atoms with Gasteiger partial charge in [-0.3, -0.25) is 0 Å². The third-order valence-electron chi connectivity index (χ3n) is 12.4. The average Bonchev–Trinajstić information content (AvgIpc) is 3.50. The predicted molar refractivity (Wildman–Crippen MR) is 203 cm³/mol. The highest BCUT2D eigenvalue weighted by molar-refractivity contribution is 9.10. The van der Waals surface area contributed by atoms with Crippen LogP contribution in [0.5, 0.6) is 0 Å². The summed E-state index contributed by atoms with van der Waals surface area (Å²) in [5.74, 6) is 1.98. The second kappa shape index (κ2) is 13.6. The molecule has 2 fully saturated rings. The van der Waals surface area contributed by atoms with Gasteiger partial charge in [-0.1, -0.05) is 205 Å². The van der Waals surface area contributed by atoms with Gasteiger partial charge in [-0.05, 0) is 45.2 Å². The van der Waals surface area contributed by atoms with Gasteiger partial charge >= 0.3 is 0 Å². The van der Waals surface area contributed by atoms with Gasteiger partial charge in [-0.25, -0.2) is 0 Å². The average molecular weight is 745 g/mol. The van der Waals surface area contributed by atoms with E-state index < -0.39 is 16.1 Å². The zero-order chi connectivity index (χ0) is 30.9. The second-order valence-corrected chi connectivity index (χ2v) is 27.5. The van der Waals surface area contributed by atoms with Crippen molar-refractivity contribution in [3.8, 4) is 0 Å². The Bertz CT molecular complexity index is 1360. The van der Waals surface area contributed by atoms with Gasteiger partial charge in [-0.2, -0.15) is 0 Å². The highest BCUT2D eigenvalue weighted by Crippen LogP contribution is 2.74. The minimum absolute atomic E-state index is 0.483. The number of hydrogen-bond donors (Lipinski definition) is 0. The van der Waals surface area contributed by atoms with Crippen LogP contribution in [0.4, 0.5) is 0 Å². The first kappa shape index (κ1) is 32.2. The van der Waals surface area contributed by atoms with Crippen molar-refractivity contribution in [3.63, 3.8) is 0 Å². The number of halogens is 2. The summed E-state index contributed by atoms with van der Waals surface area (Å²) in [6.45, 7) is 10.2. The van der Waals surface area contributed by atoms with Crippen molar-refractivity contribution in [1.29, 1.82) is 0 Å². The monoisotopic (exact) mass is 742 g/mol. The third-order valence-corrected chi connectivity index (χ3v) is 31.6. The van der Waals surface area contributed by atoms with E-state index in [-0.39, 0.29) is 0 Å². The lowest BCUT2D eigenvalue weighted by molar-refractivity contribution is 0.480. The molecule has 0 aromatic heterocycles. The standard InChI is InChI=1S/C40H48Br2Si2/c1-5-43(6-2)37(33(29-21-13-9-14-22-29)35(39(43)41)31-25-17-11-18-26-31)38-34(30-23-15-10-16-24-30)36(32-27-19-12-20-28-32)40(42)44(38,7-3)8-4/h9-28,33-40H,5-8H2,1-4H3. The van der Waals surface area contributed by atoms with Gasteiger partial charge in [0.25, 0.3) is 0 Å². The highest BCUT2D eigenvalue weighted by Gasteiger charge is 2.70. The number of alkyl halides is 2. The molecule has 2 aliphatic heterocycles. The fourth-order valence-electron chi connectivity index (χ4n) is 10.3. The van der Waals surface area contributed by atoms with Crippen LogP contribution in [-0.2, 0) is 0 Å². The molecule has 2 heterocycles. The lowest BCUT2D eigenvalue weighted by atomic mass is 9.74. The molecule has 0 bridgehead atoms. The molecule has 44 heavy (non-hydrogen) atoms. The molecule has 8 atom stereocenters. The summed E-state index contributed by atoms with van der Waals surface area (Å²) in [7, 11) is -3.79. The van der Waals surface area contributed by atoms with Crippen LogP contribution < -0.4 is 0 Å². The SMILES string of the molecule is CC[Si]1(CC)C(Br)C(c2ccccc2)C(c2ccccc2)C1C1C(c2ccccc2)C(c2ccccc2)C(Br)[Si]1(CC)CC. The van der Waals surface area contributed by atoms with Crippen LogP contribution in [0.25, 0.3) is 0 Å². The third kappa shape index (κ3) is 5.11. The molecule has 4 aromatic carbocycles. The zero-order valence-electron chi connectivity index (χ0n) is 26.8. The molecular weight excluding hydrogens is 696 g/mol. The predicted octanol–water partition coefficient (Wildman–Crippen LogP) is 12.5. The van der Waals surface area contributed by atoms with Crippen molar-refractivity contribution < 1.29 is 0 Å². The minimum Gasteiger partial charge on any atom is -0.0918 e. The zero-order valence-corrected chi connectivity index (χ0v) is 31.9. The summed E-state index contributed by atoms with van der Waals surface area (Å²) in [5, 5.41) is 0. The van der Waals surface area contributed by atoms with Crippen LogP contribution in [0.1, 0.15) is 73.6 Å². The molecule has 0 saturated carbocycles. The topological polar surface area (TPSA) is 0 Å². The first-order chi connectivity index (χ1) is 21.5. The molecule has 2 aliphatic rings. The Morgan fingerprint density at radius 1 is 0.386 bits per heavy atom. The maximum absolute atomic E-state index is 4.61. The van der Waals surface area contributed by atoms with Gasteiger partial charge in [-0.15, -0.1) is 0 Å². The second-order valence-electron chi connectivity index (χ2n) is 13.5. The molecule has 4 aromatic rings. The fourth-order valence-corrected chi connectivity index (χ4v) is 30.7. The summed E-state index contributed by atoms with van der Waals surface area (Å²) in [6.07, 6.45) is 0. The van der Waals surface area contributed by atoms with Crippen molar-refractivity contribution in [2.75, 3.05) is 0 Å². The molecule has 2 saturated heterocycles. The van der Waals surface area contributed by atoms with E-state index in [2.05, 4.69) is 181 Å². The first-order valence-corrected chi connectivity index (χ1v) is 23.9. The number of rotatable bonds is 9. The smallest absolute Gasteiger partial charge is 0.0726 e. The summed E-state index contributed by atoms with van der Waals surface area (Å²) in [5.41, 5.74) is 7.55. The Labute approximate surface area is 285 Å². The Kier molecular flexibility index (Phi) is 9.93. The molecule has 0 amide bonds. The molecule has 6 rings (SSSR count). The lowest BCUT2D eigenvalue weighted by Crippen LogP contribution is -2.52. The molecular formula is C40H48Br2Si2. The van der Waals surface area contributed by atoms with Gasteiger partial charge in [0.1, 0.15) is 0 Å². The summed E-state index contributed by atoms with van der Waals surface area (Å²) in [4.78, 5) is 0. The van der Waals surface area contributed by atoms with E-state index in [1.165, 1.54) is 35.3 Å². The Hall–Kier alpha value is -1.73. The van der Waals surface area contributed by atoms with E-state index in [0.717, 1.165) is 0 Å². The maximum atomic E-state index is 4.61. The summed E-state index contributed by atoms with van der Waals surface area (Å²) in [6, 6.07) is 52.0. The van der Waals surface area contributed by atoms with Crippen LogP contribution >= 0.6 is 31.9 Å². The van der Waals surface area contributed by atoms with Crippen LogP contribution in [0.2, 0.25) is 35.3 Å². The maximum Gasteiger partial charge on any atom is 0.0726 e. The van der Waals surface area contributed by atoms with Crippen molar-refractivity contribution in [3.05, 3.63) is 144 Å². The van der Waals surface area contributed by atoms with Gasteiger partial charge in [0, 0.05) is 20.7 Å². The van der Waals surface area contributed by atoms with Crippen LogP contribution in [0, 0.1) is 0 Å². The Morgan fingerprint density at radius 3 is 0.841 bits per heavy atom. The first-order valence-electron chi connectivity index (χ1n) is 17.0. The van der Waals surface area contributed by atoms with Crippen molar-refractivity contribution in [1.82, 2.24) is 0 Å². The van der Waals surface area contributed by atoms with Gasteiger partial charge in [0.2, 0.25) is 0 Å². The largest absolute Gasteiger partial charge is 0.0918 e. The van der Waals surface area contributed by atoms with Crippen LogP contribution in [-0.4, -0.2) is 25.0 Å². The molecule has 0 nitrogen and oxygen atoms in total. The molecule has 4 heteroatoms. The number of benzene rings is 4. The molecule has 0 N–H and O–H groups in total. The van der Waals surface area contributed by atoms with E-state index in [4.69, 9.17) is 0 Å². The lowest BCUT2D eigenvalue weighted by Gasteiger charge is -2.48. The molecule has 0 aliphatic carbocycles. The van der Waals surface area contributed by atoms with Crippen LogP contribution in [0.3, 0.4) is 0 Å². The van der Waals surface area contributed by atoms with Crippen molar-refractivity contribution >= 4 is 48.0 Å². The molecule has 0 spiro atoms. The molecule has 8 unspecified atom stereocenters. The van der Waals surface area contributed by atoms with E-state index in [1.54, 1.807) is 11.1 Å². The van der Waals surface area contributed by atoms with E-state index in [0.29, 0.717) is 43.7 Å². The van der Waals surface area contributed by atoms with E-state index >= 15 is 0 Å². The fraction of sp³-hybridized carbons (Fsp3) is 0.400. The number of hydrogen-bond acceptors (Lipinski definition) is 0. The van der Waals surface area contributed by atoms with Gasteiger partial charge < -0.3 is 0 Å². The van der Waals surface area contributed by atoms with E-state index in [9.17, 15) is 0 Å². The van der Waals surface area contributed by atoms with E-state index in [1.807, 2.05) is 0 Å². The Morgan fingerprint density at radius 2 is 0.614 bits per heavy atom. The minimum atomic E-state index is -1.90. The molecule has 0 radical (unpaired) electrons. The van der Waals surface area contributed by atoms with Gasteiger partial charge in [0.15, 0.2) is 0 Å². The quantitative estimate of drug-likeness (QED) is 0.118.